The fourth-order valence-electron chi connectivity index (χ4n) is 2.44. The molecule has 0 unspecified atom stereocenters. The zero-order valence-corrected chi connectivity index (χ0v) is 17.2. The Hall–Kier alpha value is -1.82. The molecule has 0 aliphatic heterocycles. The van der Waals surface area contributed by atoms with E-state index in [4.69, 9.17) is 11.6 Å². The van der Waals surface area contributed by atoms with Crippen molar-refractivity contribution in [1.29, 1.82) is 0 Å². The molecule has 0 saturated carbocycles. The van der Waals surface area contributed by atoms with Crippen molar-refractivity contribution in [2.45, 2.75) is 31.4 Å². The van der Waals surface area contributed by atoms with Crippen LogP contribution in [0.15, 0.2) is 52.7 Å². The van der Waals surface area contributed by atoms with Crippen LogP contribution < -0.4 is 4.90 Å². The van der Waals surface area contributed by atoms with E-state index in [2.05, 4.69) is 11.9 Å². The first-order valence-electron chi connectivity index (χ1n) is 8.15. The van der Waals surface area contributed by atoms with Crippen molar-refractivity contribution in [3.63, 3.8) is 0 Å². The van der Waals surface area contributed by atoms with Crippen molar-refractivity contribution >= 4 is 51.4 Å². The first-order valence-corrected chi connectivity index (χ1v) is 10.4. The molecule has 1 amide bonds. The molecule has 0 saturated heterocycles. The van der Waals surface area contributed by atoms with Gasteiger partial charge in [0.25, 0.3) is 0 Å². The molecule has 1 aromatic heterocycles. The highest BCUT2D eigenvalue weighted by Gasteiger charge is 2.18. The number of anilines is 2. The number of rotatable bonds is 5. The van der Waals surface area contributed by atoms with Crippen LogP contribution >= 0.6 is 34.7 Å². The van der Waals surface area contributed by atoms with Gasteiger partial charge in [-0.05, 0) is 61.4 Å². The van der Waals surface area contributed by atoms with E-state index >= 15 is 0 Å². The summed E-state index contributed by atoms with van der Waals surface area (Å²) in [4.78, 5) is 19.7. The molecule has 3 aromatic rings. The molecule has 0 fully saturated rings. The minimum atomic E-state index is -0.0421. The average Bonchev–Trinajstić information content (AvgIpc) is 3.06. The third-order valence-corrected chi connectivity index (χ3v) is 6.17. The summed E-state index contributed by atoms with van der Waals surface area (Å²) >= 11 is 9.10. The van der Waals surface area contributed by atoms with E-state index in [0.29, 0.717) is 5.13 Å². The van der Waals surface area contributed by atoms with Gasteiger partial charge in [-0.3, -0.25) is 9.69 Å². The number of aryl methyl sites for hydroxylation is 2. The quantitative estimate of drug-likeness (QED) is 0.463. The number of amides is 1. The fraction of sp³-hybridized carbons (Fsp3) is 0.200. The number of aromatic nitrogens is 1. The van der Waals surface area contributed by atoms with Gasteiger partial charge in [-0.15, -0.1) is 23.1 Å². The van der Waals surface area contributed by atoms with Gasteiger partial charge in [-0.2, -0.15) is 0 Å². The lowest BCUT2D eigenvalue weighted by atomic mass is 10.1. The van der Waals surface area contributed by atoms with E-state index in [-0.39, 0.29) is 5.91 Å². The first-order chi connectivity index (χ1) is 12.4. The highest BCUT2D eigenvalue weighted by molar-refractivity contribution is 7.98. The number of hydrogen-bond acceptors (Lipinski definition) is 4. The van der Waals surface area contributed by atoms with Gasteiger partial charge in [-0.1, -0.05) is 17.7 Å². The van der Waals surface area contributed by atoms with E-state index in [9.17, 15) is 4.79 Å². The molecule has 1 heterocycles. The van der Waals surface area contributed by atoms with E-state index in [0.717, 1.165) is 32.6 Å². The Kier molecular flexibility index (Phi) is 6.01. The SMILES string of the molecule is CC(=O)N(c1ccc(C)c(C)c1)c1nc(CSc2ccc(Cl)cc2)cs1. The van der Waals surface area contributed by atoms with Crippen molar-refractivity contribution in [2.75, 3.05) is 4.90 Å². The summed E-state index contributed by atoms with van der Waals surface area (Å²) in [7, 11) is 0. The van der Waals surface area contributed by atoms with Crippen molar-refractivity contribution in [1.82, 2.24) is 4.98 Å². The van der Waals surface area contributed by atoms with Crippen LogP contribution in [-0.2, 0) is 10.5 Å². The Balaban J connectivity index is 1.78. The van der Waals surface area contributed by atoms with Crippen LogP contribution in [-0.4, -0.2) is 10.9 Å². The maximum atomic E-state index is 12.2. The molecular formula is C20H19ClN2OS2. The third-order valence-electron chi connectivity index (χ3n) is 3.99. The van der Waals surface area contributed by atoms with Gasteiger partial charge in [0, 0.05) is 28.0 Å². The highest BCUT2D eigenvalue weighted by atomic mass is 35.5. The zero-order valence-electron chi connectivity index (χ0n) is 14.8. The summed E-state index contributed by atoms with van der Waals surface area (Å²) in [6.07, 6.45) is 0. The normalized spacial score (nSPS) is 10.8. The standard InChI is InChI=1S/C20H19ClN2OS2/c1-13-4-7-18(10-14(13)2)23(15(3)24)20-22-17(12-26-20)11-25-19-8-5-16(21)6-9-19/h4-10,12H,11H2,1-3H3. The van der Waals surface area contributed by atoms with Crippen molar-refractivity contribution in [2.24, 2.45) is 0 Å². The van der Waals surface area contributed by atoms with Gasteiger partial charge >= 0.3 is 0 Å². The predicted octanol–water partition coefficient (Wildman–Crippen LogP) is 6.39. The summed E-state index contributed by atoms with van der Waals surface area (Å²) in [5.74, 6) is 0.705. The second-order valence-corrected chi connectivity index (χ2v) is 8.31. The van der Waals surface area contributed by atoms with Gasteiger partial charge in [0.05, 0.1) is 11.4 Å². The lowest BCUT2D eigenvalue weighted by Gasteiger charge is -2.19. The van der Waals surface area contributed by atoms with Crippen LogP contribution in [0.1, 0.15) is 23.7 Å². The Labute approximate surface area is 167 Å². The molecule has 134 valence electrons. The number of benzene rings is 2. The number of nitrogens with zero attached hydrogens (tertiary/aromatic N) is 2. The number of hydrogen-bond donors (Lipinski definition) is 0. The van der Waals surface area contributed by atoms with E-state index < -0.39 is 0 Å². The smallest absolute Gasteiger partial charge is 0.230 e. The van der Waals surface area contributed by atoms with E-state index in [1.807, 2.05) is 54.8 Å². The summed E-state index contributed by atoms with van der Waals surface area (Å²) in [6.45, 7) is 5.68. The summed E-state index contributed by atoms with van der Waals surface area (Å²) in [5, 5.41) is 3.44. The van der Waals surface area contributed by atoms with Crippen LogP contribution in [0, 0.1) is 13.8 Å². The average molecular weight is 403 g/mol. The molecule has 0 spiro atoms. The monoisotopic (exact) mass is 402 g/mol. The third kappa shape index (κ3) is 4.47. The molecular weight excluding hydrogens is 384 g/mol. The van der Waals surface area contributed by atoms with Crippen molar-refractivity contribution in [3.05, 3.63) is 69.7 Å². The molecule has 0 atom stereocenters. The van der Waals surface area contributed by atoms with Gasteiger partial charge in [0.1, 0.15) is 0 Å². The number of thiazole rings is 1. The molecule has 0 bridgehead atoms. The second-order valence-electron chi connectivity index (χ2n) is 5.99. The lowest BCUT2D eigenvalue weighted by molar-refractivity contribution is -0.115. The van der Waals surface area contributed by atoms with Gasteiger partial charge < -0.3 is 0 Å². The number of carbonyl (C=O) groups is 1. The minimum absolute atomic E-state index is 0.0421. The van der Waals surface area contributed by atoms with Crippen molar-refractivity contribution < 1.29 is 4.79 Å². The Bertz CT molecular complexity index is 922. The Morgan fingerprint density at radius 2 is 1.88 bits per heavy atom. The van der Waals surface area contributed by atoms with Crippen LogP contribution in [0.4, 0.5) is 10.8 Å². The van der Waals surface area contributed by atoms with E-state index in [1.165, 1.54) is 16.9 Å². The maximum absolute atomic E-state index is 12.2. The Morgan fingerprint density at radius 3 is 2.54 bits per heavy atom. The van der Waals surface area contributed by atoms with Gasteiger partial charge in [0.2, 0.25) is 5.91 Å². The zero-order chi connectivity index (χ0) is 18.7. The van der Waals surface area contributed by atoms with Gasteiger partial charge in [0.15, 0.2) is 5.13 Å². The van der Waals surface area contributed by atoms with Crippen molar-refractivity contribution in [3.8, 4) is 0 Å². The van der Waals surface area contributed by atoms with E-state index in [1.54, 1.807) is 23.6 Å². The largest absolute Gasteiger partial charge is 0.274 e. The van der Waals surface area contributed by atoms with Gasteiger partial charge in [-0.25, -0.2) is 4.98 Å². The molecule has 0 radical (unpaired) electrons. The van der Waals surface area contributed by atoms with Crippen LogP contribution in [0.2, 0.25) is 5.02 Å². The molecule has 3 rings (SSSR count). The summed E-state index contributed by atoms with van der Waals surface area (Å²) in [6, 6.07) is 13.8. The summed E-state index contributed by atoms with van der Waals surface area (Å²) < 4.78 is 0. The number of thioether (sulfide) groups is 1. The minimum Gasteiger partial charge on any atom is -0.274 e. The van der Waals surface area contributed by atoms with Crippen LogP contribution in [0.25, 0.3) is 0 Å². The molecule has 0 N–H and O–H groups in total. The fourth-order valence-corrected chi connectivity index (χ4v) is 4.35. The molecule has 26 heavy (non-hydrogen) atoms. The topological polar surface area (TPSA) is 33.2 Å². The van der Waals surface area contributed by atoms with Crippen LogP contribution in [0.3, 0.4) is 0 Å². The molecule has 0 aliphatic rings. The van der Waals surface area contributed by atoms with Crippen LogP contribution in [0.5, 0.6) is 0 Å². The highest BCUT2D eigenvalue weighted by Crippen LogP contribution is 2.32. The lowest BCUT2D eigenvalue weighted by Crippen LogP contribution is -2.22. The summed E-state index contributed by atoms with van der Waals surface area (Å²) in [5.41, 5.74) is 4.17. The molecule has 3 nitrogen and oxygen atoms in total. The molecule has 2 aromatic carbocycles. The number of carbonyl (C=O) groups excluding carboxylic acids is 1. The Morgan fingerprint density at radius 1 is 1.15 bits per heavy atom. The molecule has 6 heteroatoms. The second kappa shape index (κ2) is 8.25. The molecule has 0 aliphatic carbocycles. The maximum Gasteiger partial charge on any atom is 0.230 e. The predicted molar refractivity (Wildman–Crippen MR) is 112 cm³/mol. The first kappa shape index (κ1) is 19.0. The number of halogens is 1.